The van der Waals surface area contributed by atoms with Crippen LogP contribution in [0.4, 0.5) is 4.79 Å². The first-order chi connectivity index (χ1) is 13.6. The Morgan fingerprint density at radius 2 is 1.61 bits per heavy atom. The predicted octanol–water partition coefficient (Wildman–Crippen LogP) is 3.58. The largest absolute Gasteiger partial charge is 0.326 e. The molecule has 1 fully saturated rings. The Bertz CT molecular complexity index is 1050. The van der Waals surface area contributed by atoms with Crippen molar-refractivity contribution in [2.75, 3.05) is 6.54 Å². The number of carbonyl (C=O) groups is 3. The van der Waals surface area contributed by atoms with Gasteiger partial charge in [0.05, 0.1) is 6.54 Å². The van der Waals surface area contributed by atoms with Crippen LogP contribution in [0.1, 0.15) is 22.3 Å². The fourth-order valence-corrected chi connectivity index (χ4v) is 3.48. The van der Waals surface area contributed by atoms with Gasteiger partial charge < -0.3 is 5.32 Å². The molecular formula is C23H20N2O3. The SMILES string of the molecule is O=C(CN1C(=O)NC(CCc2ccccc2)C1=O)c1ccc2ccccc2c1. The number of hydrogen-bond acceptors (Lipinski definition) is 3. The first-order valence-corrected chi connectivity index (χ1v) is 9.29. The molecule has 4 rings (SSSR count). The molecule has 3 amide bonds. The lowest BCUT2D eigenvalue weighted by molar-refractivity contribution is -0.127. The van der Waals surface area contributed by atoms with Crippen molar-refractivity contribution in [3.8, 4) is 0 Å². The second-order valence-electron chi connectivity index (χ2n) is 6.94. The molecule has 3 aromatic carbocycles. The molecule has 1 heterocycles. The minimum absolute atomic E-state index is 0.245. The number of benzene rings is 3. The van der Waals surface area contributed by atoms with Crippen molar-refractivity contribution >= 4 is 28.5 Å². The van der Waals surface area contributed by atoms with Gasteiger partial charge in [0.25, 0.3) is 5.91 Å². The summed E-state index contributed by atoms with van der Waals surface area (Å²) < 4.78 is 0. The van der Waals surface area contributed by atoms with Gasteiger partial charge in [-0.1, -0.05) is 66.7 Å². The number of hydrogen-bond donors (Lipinski definition) is 1. The Kier molecular flexibility index (Phi) is 4.89. The molecule has 28 heavy (non-hydrogen) atoms. The second-order valence-corrected chi connectivity index (χ2v) is 6.94. The van der Waals surface area contributed by atoms with Gasteiger partial charge in [-0.25, -0.2) is 4.79 Å². The first-order valence-electron chi connectivity index (χ1n) is 9.29. The number of carbonyl (C=O) groups excluding carboxylic acids is 3. The lowest BCUT2D eigenvalue weighted by atomic mass is 10.0. The molecule has 140 valence electrons. The van der Waals surface area contributed by atoms with E-state index in [0.29, 0.717) is 18.4 Å². The van der Waals surface area contributed by atoms with E-state index in [1.54, 1.807) is 12.1 Å². The maximum atomic E-state index is 12.6. The molecule has 0 saturated carbocycles. The Labute approximate surface area is 163 Å². The molecule has 0 aliphatic carbocycles. The van der Waals surface area contributed by atoms with E-state index in [-0.39, 0.29) is 18.2 Å². The maximum Gasteiger partial charge on any atom is 0.325 e. The highest BCUT2D eigenvalue weighted by Crippen LogP contribution is 2.18. The van der Waals surface area contributed by atoms with Gasteiger partial charge >= 0.3 is 6.03 Å². The van der Waals surface area contributed by atoms with Crippen molar-refractivity contribution in [2.24, 2.45) is 0 Å². The summed E-state index contributed by atoms with van der Waals surface area (Å²) in [5, 5.41) is 4.68. The molecule has 0 aromatic heterocycles. The maximum absolute atomic E-state index is 12.6. The molecule has 3 aromatic rings. The van der Waals surface area contributed by atoms with Gasteiger partial charge in [-0.3, -0.25) is 14.5 Å². The van der Waals surface area contributed by atoms with Crippen LogP contribution in [0.2, 0.25) is 0 Å². The van der Waals surface area contributed by atoms with Gasteiger partial charge in [0.2, 0.25) is 0 Å². The Morgan fingerprint density at radius 1 is 0.893 bits per heavy atom. The van der Waals surface area contributed by atoms with Gasteiger partial charge in [-0.15, -0.1) is 0 Å². The zero-order chi connectivity index (χ0) is 19.5. The third-order valence-corrected chi connectivity index (χ3v) is 5.04. The van der Waals surface area contributed by atoms with E-state index < -0.39 is 12.1 Å². The third kappa shape index (κ3) is 3.64. The number of nitrogens with zero attached hydrogens (tertiary/aromatic N) is 1. The van der Waals surface area contributed by atoms with Crippen LogP contribution in [0.15, 0.2) is 72.8 Å². The van der Waals surface area contributed by atoms with E-state index in [4.69, 9.17) is 0 Å². The van der Waals surface area contributed by atoms with Crippen LogP contribution in [0.25, 0.3) is 10.8 Å². The van der Waals surface area contributed by atoms with Gasteiger partial charge in [0.1, 0.15) is 6.04 Å². The lowest BCUT2D eigenvalue weighted by Crippen LogP contribution is -2.36. The van der Waals surface area contributed by atoms with Crippen LogP contribution < -0.4 is 5.32 Å². The van der Waals surface area contributed by atoms with E-state index in [9.17, 15) is 14.4 Å². The summed E-state index contributed by atoms with van der Waals surface area (Å²) in [6.45, 7) is -0.245. The average molecular weight is 372 g/mol. The molecule has 1 aliphatic heterocycles. The molecule has 1 atom stereocenters. The number of aryl methyl sites for hydroxylation is 1. The smallest absolute Gasteiger partial charge is 0.325 e. The number of nitrogens with one attached hydrogen (secondary N) is 1. The quantitative estimate of drug-likeness (QED) is 0.531. The minimum atomic E-state index is -0.586. The van der Waals surface area contributed by atoms with Crippen molar-refractivity contribution in [1.29, 1.82) is 0 Å². The van der Waals surface area contributed by atoms with Crippen LogP contribution in [0.5, 0.6) is 0 Å². The van der Waals surface area contributed by atoms with E-state index in [0.717, 1.165) is 21.2 Å². The number of Topliss-reactive ketones (excluding diaryl/α,β-unsaturated/α-hetero) is 1. The Balaban J connectivity index is 1.42. The summed E-state index contributed by atoms with van der Waals surface area (Å²) in [6.07, 6.45) is 1.19. The van der Waals surface area contributed by atoms with Crippen LogP contribution >= 0.6 is 0 Å². The number of fused-ring (bicyclic) bond motifs is 1. The second kappa shape index (κ2) is 7.64. The molecule has 5 heteroatoms. The highest BCUT2D eigenvalue weighted by molar-refractivity contribution is 6.10. The molecule has 1 aliphatic rings. The van der Waals surface area contributed by atoms with Crippen LogP contribution in [-0.2, 0) is 11.2 Å². The lowest BCUT2D eigenvalue weighted by Gasteiger charge is -2.12. The number of ketones is 1. The van der Waals surface area contributed by atoms with E-state index in [1.165, 1.54) is 0 Å². The molecular weight excluding hydrogens is 352 g/mol. The van der Waals surface area contributed by atoms with Crippen LogP contribution in [0.3, 0.4) is 0 Å². The highest BCUT2D eigenvalue weighted by Gasteiger charge is 2.38. The summed E-state index contributed by atoms with van der Waals surface area (Å²) in [7, 11) is 0. The Morgan fingerprint density at radius 3 is 2.39 bits per heavy atom. The number of urea groups is 1. The average Bonchev–Trinajstić information content (AvgIpc) is 3.00. The van der Waals surface area contributed by atoms with Crippen molar-refractivity contribution in [1.82, 2.24) is 10.2 Å². The van der Waals surface area contributed by atoms with Gasteiger partial charge in [-0.05, 0) is 35.2 Å². The fraction of sp³-hybridized carbons (Fsp3) is 0.174. The van der Waals surface area contributed by atoms with E-state index >= 15 is 0 Å². The van der Waals surface area contributed by atoms with E-state index in [1.807, 2.05) is 60.7 Å². The molecule has 0 radical (unpaired) electrons. The fourth-order valence-electron chi connectivity index (χ4n) is 3.48. The van der Waals surface area contributed by atoms with Gasteiger partial charge in [-0.2, -0.15) is 0 Å². The predicted molar refractivity (Wildman–Crippen MR) is 107 cm³/mol. The first kappa shape index (κ1) is 17.9. The summed E-state index contributed by atoms with van der Waals surface area (Å²) in [5.41, 5.74) is 1.60. The molecule has 1 N–H and O–H groups in total. The summed E-state index contributed by atoms with van der Waals surface area (Å²) in [5.74, 6) is -0.590. The van der Waals surface area contributed by atoms with Gasteiger partial charge in [0, 0.05) is 5.56 Å². The van der Waals surface area contributed by atoms with Crippen molar-refractivity contribution in [3.05, 3.63) is 83.9 Å². The van der Waals surface area contributed by atoms with Crippen LogP contribution in [0, 0.1) is 0 Å². The normalized spacial score (nSPS) is 16.4. The van der Waals surface area contributed by atoms with E-state index in [2.05, 4.69) is 5.32 Å². The monoisotopic (exact) mass is 372 g/mol. The van der Waals surface area contributed by atoms with Crippen LogP contribution in [-0.4, -0.2) is 35.2 Å². The zero-order valence-electron chi connectivity index (χ0n) is 15.3. The Hall–Kier alpha value is -3.47. The highest BCUT2D eigenvalue weighted by atomic mass is 16.2. The summed E-state index contributed by atoms with van der Waals surface area (Å²) in [6, 6.07) is 21.9. The summed E-state index contributed by atoms with van der Waals surface area (Å²) >= 11 is 0. The third-order valence-electron chi connectivity index (χ3n) is 5.04. The summed E-state index contributed by atoms with van der Waals surface area (Å²) in [4.78, 5) is 38.5. The zero-order valence-corrected chi connectivity index (χ0v) is 15.3. The number of rotatable bonds is 6. The van der Waals surface area contributed by atoms with Crippen molar-refractivity contribution in [2.45, 2.75) is 18.9 Å². The van der Waals surface area contributed by atoms with Gasteiger partial charge in [0.15, 0.2) is 5.78 Å². The van der Waals surface area contributed by atoms with Crippen molar-refractivity contribution < 1.29 is 14.4 Å². The number of amides is 3. The molecule has 1 saturated heterocycles. The molecule has 1 unspecified atom stereocenters. The molecule has 0 bridgehead atoms. The molecule has 5 nitrogen and oxygen atoms in total. The topological polar surface area (TPSA) is 66.5 Å². The molecule has 0 spiro atoms. The number of imide groups is 1. The standard InChI is InChI=1S/C23H20N2O3/c26-21(19-12-11-17-8-4-5-9-18(17)14-19)15-25-22(27)20(24-23(25)28)13-10-16-6-2-1-3-7-16/h1-9,11-12,14,20H,10,13,15H2,(H,24,28). The minimum Gasteiger partial charge on any atom is -0.326 e. The van der Waals surface area contributed by atoms with Crippen molar-refractivity contribution in [3.63, 3.8) is 0 Å².